The van der Waals surface area contributed by atoms with Crippen molar-refractivity contribution in [3.05, 3.63) is 17.0 Å². The van der Waals surface area contributed by atoms with Gasteiger partial charge >= 0.3 is 5.97 Å². The van der Waals surface area contributed by atoms with Crippen LogP contribution in [0.15, 0.2) is 0 Å². The number of aromatic nitrogens is 2. The summed E-state index contributed by atoms with van der Waals surface area (Å²) in [5.41, 5.74) is 2.72. The van der Waals surface area contributed by atoms with Gasteiger partial charge in [-0.25, -0.2) is 0 Å². The number of nitrogens with zero attached hydrogens (tertiary/aromatic N) is 1. The van der Waals surface area contributed by atoms with E-state index in [-0.39, 0.29) is 6.42 Å². The van der Waals surface area contributed by atoms with E-state index >= 15 is 0 Å². The molecule has 0 aliphatic heterocycles. The molecule has 0 atom stereocenters. The standard InChI is InChI=1S/C9H14N2O2/c1-3-4-7-6(2)10-11-8(7)5-9(12)13/h3-5H2,1-2H3,(H,10,11)(H,12,13). The van der Waals surface area contributed by atoms with Crippen molar-refractivity contribution in [1.29, 1.82) is 0 Å². The molecule has 72 valence electrons. The van der Waals surface area contributed by atoms with Crippen molar-refractivity contribution in [3.8, 4) is 0 Å². The highest BCUT2D eigenvalue weighted by molar-refractivity contribution is 5.70. The molecule has 1 heterocycles. The summed E-state index contributed by atoms with van der Waals surface area (Å²) < 4.78 is 0. The van der Waals surface area contributed by atoms with Crippen LogP contribution in [-0.2, 0) is 17.6 Å². The topological polar surface area (TPSA) is 66.0 Å². The third-order valence-electron chi connectivity index (χ3n) is 1.98. The number of hydrogen-bond acceptors (Lipinski definition) is 2. The van der Waals surface area contributed by atoms with Crippen molar-refractivity contribution in [2.45, 2.75) is 33.1 Å². The van der Waals surface area contributed by atoms with Gasteiger partial charge in [0, 0.05) is 5.69 Å². The lowest BCUT2D eigenvalue weighted by Gasteiger charge is -1.98. The van der Waals surface area contributed by atoms with E-state index in [2.05, 4.69) is 17.1 Å². The number of carboxylic acids is 1. The number of aryl methyl sites for hydroxylation is 1. The van der Waals surface area contributed by atoms with Gasteiger partial charge in [-0.1, -0.05) is 13.3 Å². The second kappa shape index (κ2) is 4.07. The lowest BCUT2D eigenvalue weighted by atomic mass is 10.1. The van der Waals surface area contributed by atoms with Crippen molar-refractivity contribution in [3.63, 3.8) is 0 Å². The van der Waals surface area contributed by atoms with E-state index in [9.17, 15) is 4.79 Å². The molecule has 0 aliphatic carbocycles. The van der Waals surface area contributed by atoms with Crippen LogP contribution >= 0.6 is 0 Å². The van der Waals surface area contributed by atoms with Crippen molar-refractivity contribution >= 4 is 5.97 Å². The number of H-pyrrole nitrogens is 1. The maximum atomic E-state index is 10.5. The first kappa shape index (κ1) is 9.77. The molecule has 0 saturated heterocycles. The van der Waals surface area contributed by atoms with Crippen LogP contribution in [0.3, 0.4) is 0 Å². The average Bonchev–Trinajstić information content (AvgIpc) is 2.35. The molecule has 0 fully saturated rings. The van der Waals surface area contributed by atoms with Gasteiger partial charge in [-0.2, -0.15) is 5.10 Å². The van der Waals surface area contributed by atoms with E-state index in [4.69, 9.17) is 5.11 Å². The Bertz CT molecular complexity index is 305. The van der Waals surface area contributed by atoms with Crippen LogP contribution in [-0.4, -0.2) is 21.3 Å². The Morgan fingerprint density at radius 3 is 2.85 bits per heavy atom. The summed E-state index contributed by atoms with van der Waals surface area (Å²) in [5, 5.41) is 15.4. The summed E-state index contributed by atoms with van der Waals surface area (Å²) in [6, 6.07) is 0. The van der Waals surface area contributed by atoms with Crippen molar-refractivity contribution in [1.82, 2.24) is 10.2 Å². The van der Waals surface area contributed by atoms with Crippen LogP contribution in [0.25, 0.3) is 0 Å². The molecule has 13 heavy (non-hydrogen) atoms. The van der Waals surface area contributed by atoms with Crippen LogP contribution in [0.5, 0.6) is 0 Å². The Balaban J connectivity index is 2.86. The third-order valence-corrected chi connectivity index (χ3v) is 1.98. The molecule has 0 bridgehead atoms. The highest BCUT2D eigenvalue weighted by Crippen LogP contribution is 2.13. The molecule has 1 rings (SSSR count). The van der Waals surface area contributed by atoms with E-state index in [1.807, 2.05) is 6.92 Å². The number of hydrogen-bond donors (Lipinski definition) is 2. The van der Waals surface area contributed by atoms with Gasteiger partial charge in [-0.15, -0.1) is 0 Å². The number of aliphatic carboxylic acids is 1. The highest BCUT2D eigenvalue weighted by Gasteiger charge is 2.11. The van der Waals surface area contributed by atoms with Gasteiger partial charge < -0.3 is 5.11 Å². The molecule has 0 unspecified atom stereocenters. The number of rotatable bonds is 4. The third kappa shape index (κ3) is 2.31. The summed E-state index contributed by atoms with van der Waals surface area (Å²) in [5.74, 6) is -0.830. The van der Waals surface area contributed by atoms with Gasteiger partial charge in [0.15, 0.2) is 0 Å². The summed E-state index contributed by atoms with van der Waals surface area (Å²) in [7, 11) is 0. The number of nitrogens with one attached hydrogen (secondary N) is 1. The van der Waals surface area contributed by atoms with Crippen LogP contribution in [0.1, 0.15) is 30.3 Å². The Kier molecular flexibility index (Phi) is 3.06. The fraction of sp³-hybridized carbons (Fsp3) is 0.556. The maximum Gasteiger partial charge on any atom is 0.309 e. The summed E-state index contributed by atoms with van der Waals surface area (Å²) in [6.07, 6.45) is 1.91. The predicted octanol–water partition coefficient (Wildman–Crippen LogP) is 1.30. The monoisotopic (exact) mass is 182 g/mol. The van der Waals surface area contributed by atoms with Crippen LogP contribution in [0.4, 0.5) is 0 Å². The van der Waals surface area contributed by atoms with E-state index in [1.165, 1.54) is 0 Å². The molecule has 2 N–H and O–H groups in total. The number of aromatic amines is 1. The predicted molar refractivity (Wildman–Crippen MR) is 48.7 cm³/mol. The summed E-state index contributed by atoms with van der Waals surface area (Å²) in [4.78, 5) is 10.5. The maximum absolute atomic E-state index is 10.5. The lowest BCUT2D eigenvalue weighted by molar-refractivity contribution is -0.136. The van der Waals surface area contributed by atoms with Gasteiger partial charge in [0.05, 0.1) is 12.1 Å². The first-order valence-corrected chi connectivity index (χ1v) is 4.39. The van der Waals surface area contributed by atoms with Crippen LogP contribution in [0, 0.1) is 6.92 Å². The molecule has 1 aromatic rings. The SMILES string of the molecule is CCCc1c(CC(=O)O)n[nH]c1C. The Morgan fingerprint density at radius 2 is 2.31 bits per heavy atom. The fourth-order valence-corrected chi connectivity index (χ4v) is 1.37. The molecule has 4 heteroatoms. The van der Waals surface area contributed by atoms with E-state index < -0.39 is 5.97 Å². The van der Waals surface area contributed by atoms with Gasteiger partial charge in [-0.05, 0) is 18.9 Å². The molecular weight excluding hydrogens is 168 g/mol. The van der Waals surface area contributed by atoms with E-state index in [1.54, 1.807) is 0 Å². The normalized spacial score (nSPS) is 10.3. The molecule has 1 aromatic heterocycles. The zero-order chi connectivity index (χ0) is 9.84. The molecule has 0 radical (unpaired) electrons. The van der Waals surface area contributed by atoms with Crippen molar-refractivity contribution in [2.75, 3.05) is 0 Å². The zero-order valence-corrected chi connectivity index (χ0v) is 7.92. The minimum Gasteiger partial charge on any atom is -0.481 e. The Hall–Kier alpha value is -1.32. The largest absolute Gasteiger partial charge is 0.481 e. The Morgan fingerprint density at radius 1 is 1.62 bits per heavy atom. The molecule has 0 amide bonds. The summed E-state index contributed by atoms with van der Waals surface area (Å²) in [6.45, 7) is 3.99. The smallest absolute Gasteiger partial charge is 0.309 e. The van der Waals surface area contributed by atoms with Crippen molar-refractivity contribution < 1.29 is 9.90 Å². The molecular formula is C9H14N2O2. The van der Waals surface area contributed by atoms with Gasteiger partial charge in [-0.3, -0.25) is 9.89 Å². The minimum absolute atomic E-state index is 0.0136. The first-order valence-electron chi connectivity index (χ1n) is 4.39. The lowest BCUT2D eigenvalue weighted by Crippen LogP contribution is -2.03. The van der Waals surface area contributed by atoms with Crippen LogP contribution < -0.4 is 0 Å². The molecule has 0 aliphatic rings. The second-order valence-corrected chi connectivity index (χ2v) is 3.09. The second-order valence-electron chi connectivity index (χ2n) is 3.09. The summed E-state index contributed by atoms with van der Waals surface area (Å²) >= 11 is 0. The fourth-order valence-electron chi connectivity index (χ4n) is 1.37. The molecule has 0 saturated carbocycles. The van der Waals surface area contributed by atoms with E-state index in [0.717, 1.165) is 24.1 Å². The van der Waals surface area contributed by atoms with E-state index in [0.29, 0.717) is 5.69 Å². The zero-order valence-electron chi connectivity index (χ0n) is 7.92. The first-order chi connectivity index (χ1) is 6.15. The molecule has 0 spiro atoms. The van der Waals surface area contributed by atoms with Gasteiger partial charge in [0.1, 0.15) is 0 Å². The Labute approximate surface area is 77.0 Å². The highest BCUT2D eigenvalue weighted by atomic mass is 16.4. The van der Waals surface area contributed by atoms with Crippen LogP contribution in [0.2, 0.25) is 0 Å². The number of carbonyl (C=O) groups is 1. The van der Waals surface area contributed by atoms with Gasteiger partial charge in [0.25, 0.3) is 0 Å². The van der Waals surface area contributed by atoms with Gasteiger partial charge in [0.2, 0.25) is 0 Å². The molecule has 0 aromatic carbocycles. The van der Waals surface area contributed by atoms with Crippen molar-refractivity contribution in [2.24, 2.45) is 0 Å². The number of carboxylic acid groups (broad SMARTS) is 1. The average molecular weight is 182 g/mol. The quantitative estimate of drug-likeness (QED) is 0.737. The molecule has 4 nitrogen and oxygen atoms in total. The minimum atomic E-state index is -0.830.